The first-order valence-electron chi connectivity index (χ1n) is 16.3. The monoisotopic (exact) mass is 627 g/mol. The molecule has 1 amide bonds. The lowest BCUT2D eigenvalue weighted by atomic mass is 10.1. The number of piperidine rings is 1. The fraction of sp³-hybridized carbons (Fsp3) is 0.256. The van der Waals surface area contributed by atoms with Crippen molar-refractivity contribution in [3.05, 3.63) is 120 Å². The maximum absolute atomic E-state index is 13.6. The third kappa shape index (κ3) is 8.54. The summed E-state index contributed by atoms with van der Waals surface area (Å²) in [5.41, 5.74) is 5.71. The van der Waals surface area contributed by atoms with Crippen LogP contribution in [0.4, 0.5) is 17.3 Å². The van der Waals surface area contributed by atoms with Crippen LogP contribution in [0.25, 0.3) is 11.1 Å². The Hall–Kier alpha value is -5.21. The highest BCUT2D eigenvalue weighted by atomic mass is 16.5. The average molecular weight is 628 g/mol. The summed E-state index contributed by atoms with van der Waals surface area (Å²) in [4.78, 5) is 25.3. The van der Waals surface area contributed by atoms with E-state index in [0.717, 1.165) is 52.3 Å². The number of nitrogens with zero attached hydrogens (tertiary/aromatic N) is 3. The van der Waals surface area contributed by atoms with Crippen molar-refractivity contribution in [3.63, 3.8) is 0 Å². The van der Waals surface area contributed by atoms with Crippen molar-refractivity contribution in [2.75, 3.05) is 36.9 Å². The molecule has 0 unspecified atom stereocenters. The van der Waals surface area contributed by atoms with Gasteiger partial charge in [-0.1, -0.05) is 73.2 Å². The Bertz CT molecular complexity index is 1780. The SMILES string of the molecule is Cc1cccc(C)c1NC(=O)c1cnc(Nc2cccc(OCCCN3CCCCC3)c2)nc1Oc1cccc(-c2ccccc2)c1. The van der Waals surface area contributed by atoms with E-state index < -0.39 is 0 Å². The van der Waals surface area contributed by atoms with E-state index in [2.05, 4.69) is 25.5 Å². The lowest BCUT2D eigenvalue weighted by Crippen LogP contribution is -2.31. The molecule has 240 valence electrons. The average Bonchev–Trinajstić information content (AvgIpc) is 3.10. The first-order chi connectivity index (χ1) is 23.0. The molecule has 1 aliphatic rings. The van der Waals surface area contributed by atoms with Crippen LogP contribution in [0.5, 0.6) is 17.4 Å². The number of carbonyl (C=O) groups excluding carboxylic acids is 1. The van der Waals surface area contributed by atoms with Crippen LogP contribution >= 0.6 is 0 Å². The van der Waals surface area contributed by atoms with Crippen LogP contribution in [-0.2, 0) is 0 Å². The Morgan fingerprint density at radius 3 is 2.34 bits per heavy atom. The summed E-state index contributed by atoms with van der Waals surface area (Å²) in [5.74, 6) is 1.40. The number of benzene rings is 4. The van der Waals surface area contributed by atoms with Crippen LogP contribution in [0.1, 0.15) is 47.2 Å². The highest BCUT2D eigenvalue weighted by Gasteiger charge is 2.19. The van der Waals surface area contributed by atoms with Gasteiger partial charge in [0.2, 0.25) is 11.8 Å². The van der Waals surface area contributed by atoms with E-state index >= 15 is 0 Å². The van der Waals surface area contributed by atoms with Crippen LogP contribution in [-0.4, -0.2) is 47.0 Å². The standard InChI is InChI=1S/C39H41N5O3/c1-28-13-9-14-29(2)36(28)42-37(45)35-27-40-39(43-38(35)47-34-20-10-17-31(25-34)30-15-5-3-6-16-30)41-32-18-11-19-33(26-32)46-24-12-23-44-21-7-4-8-22-44/h3,5-6,9-11,13-20,25-27H,4,7-8,12,21-24H2,1-2H3,(H,42,45)(H,40,41,43). The van der Waals surface area contributed by atoms with Gasteiger partial charge in [0.25, 0.3) is 5.91 Å². The van der Waals surface area contributed by atoms with Crippen LogP contribution in [0.3, 0.4) is 0 Å². The van der Waals surface area contributed by atoms with Gasteiger partial charge in [0.15, 0.2) is 0 Å². The normalized spacial score (nSPS) is 13.1. The van der Waals surface area contributed by atoms with Crippen LogP contribution in [0.15, 0.2) is 103 Å². The zero-order valence-electron chi connectivity index (χ0n) is 27.0. The minimum Gasteiger partial charge on any atom is -0.493 e. The molecule has 6 rings (SSSR count). The summed E-state index contributed by atoms with van der Waals surface area (Å²) in [7, 11) is 0. The van der Waals surface area contributed by atoms with Crippen molar-refractivity contribution >= 4 is 23.2 Å². The van der Waals surface area contributed by atoms with Crippen molar-refractivity contribution < 1.29 is 14.3 Å². The summed E-state index contributed by atoms with van der Waals surface area (Å²) in [6, 6.07) is 31.4. The van der Waals surface area contributed by atoms with E-state index in [4.69, 9.17) is 9.47 Å². The van der Waals surface area contributed by atoms with Gasteiger partial charge in [0.1, 0.15) is 17.1 Å². The summed E-state index contributed by atoms with van der Waals surface area (Å²) < 4.78 is 12.4. The Labute approximate surface area is 276 Å². The predicted octanol–water partition coefficient (Wildman–Crippen LogP) is 8.80. The molecule has 1 saturated heterocycles. The number of anilines is 3. The molecule has 0 spiro atoms. The number of nitrogens with one attached hydrogen (secondary N) is 2. The molecule has 1 aromatic heterocycles. The van der Waals surface area contributed by atoms with Gasteiger partial charge >= 0.3 is 0 Å². The van der Waals surface area contributed by atoms with Gasteiger partial charge in [-0.3, -0.25) is 4.79 Å². The number of amides is 1. The molecule has 47 heavy (non-hydrogen) atoms. The van der Waals surface area contributed by atoms with Crippen molar-refractivity contribution in [3.8, 4) is 28.5 Å². The number of para-hydroxylation sites is 1. The first-order valence-corrected chi connectivity index (χ1v) is 16.3. The van der Waals surface area contributed by atoms with Gasteiger partial charge in [-0.25, -0.2) is 4.98 Å². The highest BCUT2D eigenvalue weighted by Crippen LogP contribution is 2.31. The molecule has 8 heteroatoms. The number of aromatic nitrogens is 2. The summed E-state index contributed by atoms with van der Waals surface area (Å²) >= 11 is 0. The Balaban J connectivity index is 1.21. The number of rotatable bonds is 12. The third-order valence-electron chi connectivity index (χ3n) is 8.30. The fourth-order valence-corrected chi connectivity index (χ4v) is 5.79. The molecule has 2 heterocycles. The van der Waals surface area contributed by atoms with Gasteiger partial charge in [0, 0.05) is 30.2 Å². The summed E-state index contributed by atoms with van der Waals surface area (Å²) in [5, 5.41) is 6.30. The number of likely N-dealkylation sites (tertiary alicyclic amines) is 1. The number of hydrogen-bond donors (Lipinski definition) is 2. The molecule has 2 N–H and O–H groups in total. The van der Waals surface area contributed by atoms with E-state index in [1.807, 2.05) is 111 Å². The second-order valence-electron chi connectivity index (χ2n) is 11.9. The fourth-order valence-electron chi connectivity index (χ4n) is 5.79. The molecule has 8 nitrogen and oxygen atoms in total. The molecule has 0 aliphatic carbocycles. The largest absolute Gasteiger partial charge is 0.493 e. The lowest BCUT2D eigenvalue weighted by Gasteiger charge is -2.26. The second kappa shape index (κ2) is 15.4. The van der Waals surface area contributed by atoms with Gasteiger partial charge in [-0.15, -0.1) is 0 Å². The Morgan fingerprint density at radius 2 is 1.53 bits per heavy atom. The van der Waals surface area contributed by atoms with E-state index in [1.54, 1.807) is 0 Å². The van der Waals surface area contributed by atoms with E-state index in [9.17, 15) is 4.79 Å². The molecule has 1 fully saturated rings. The maximum atomic E-state index is 13.6. The first kappa shape index (κ1) is 31.8. The maximum Gasteiger partial charge on any atom is 0.262 e. The topological polar surface area (TPSA) is 88.6 Å². The number of carbonyl (C=O) groups is 1. The Kier molecular flexibility index (Phi) is 10.4. The predicted molar refractivity (Wildman–Crippen MR) is 188 cm³/mol. The van der Waals surface area contributed by atoms with Crippen LogP contribution in [0, 0.1) is 13.8 Å². The van der Waals surface area contributed by atoms with Gasteiger partial charge in [0.05, 0.1) is 6.61 Å². The zero-order valence-corrected chi connectivity index (χ0v) is 27.0. The molecule has 0 bridgehead atoms. The van der Waals surface area contributed by atoms with Gasteiger partial charge in [-0.05, 0) is 92.7 Å². The number of ether oxygens (including phenoxy) is 2. The smallest absolute Gasteiger partial charge is 0.262 e. The third-order valence-corrected chi connectivity index (χ3v) is 8.30. The van der Waals surface area contributed by atoms with Crippen molar-refractivity contribution in [1.29, 1.82) is 0 Å². The quantitative estimate of drug-likeness (QED) is 0.134. The van der Waals surface area contributed by atoms with Gasteiger partial charge in [-0.2, -0.15) is 4.98 Å². The molecule has 0 radical (unpaired) electrons. The molecular formula is C39H41N5O3. The summed E-state index contributed by atoms with van der Waals surface area (Å²) in [6.07, 6.45) is 6.41. The molecule has 1 aliphatic heterocycles. The van der Waals surface area contributed by atoms with E-state index in [-0.39, 0.29) is 17.4 Å². The summed E-state index contributed by atoms with van der Waals surface area (Å²) in [6.45, 7) is 8.02. The van der Waals surface area contributed by atoms with Crippen molar-refractivity contribution in [1.82, 2.24) is 14.9 Å². The van der Waals surface area contributed by atoms with E-state index in [1.165, 1.54) is 38.5 Å². The minimum atomic E-state index is -0.358. The lowest BCUT2D eigenvalue weighted by molar-refractivity contribution is 0.102. The van der Waals surface area contributed by atoms with Crippen LogP contribution < -0.4 is 20.1 Å². The number of aryl methyl sites for hydroxylation is 2. The van der Waals surface area contributed by atoms with Crippen molar-refractivity contribution in [2.45, 2.75) is 39.5 Å². The molecule has 5 aromatic rings. The minimum absolute atomic E-state index is 0.140. The van der Waals surface area contributed by atoms with Crippen LogP contribution in [0.2, 0.25) is 0 Å². The van der Waals surface area contributed by atoms with E-state index in [0.29, 0.717) is 18.3 Å². The molecule has 4 aromatic carbocycles. The molecule has 0 saturated carbocycles. The molecular weight excluding hydrogens is 586 g/mol. The second-order valence-corrected chi connectivity index (χ2v) is 11.9. The van der Waals surface area contributed by atoms with Crippen molar-refractivity contribution in [2.24, 2.45) is 0 Å². The molecule has 0 atom stereocenters. The number of hydrogen-bond acceptors (Lipinski definition) is 7. The highest BCUT2D eigenvalue weighted by molar-refractivity contribution is 6.06. The Morgan fingerprint density at radius 1 is 0.809 bits per heavy atom. The van der Waals surface area contributed by atoms with Gasteiger partial charge < -0.3 is 25.0 Å². The zero-order chi connectivity index (χ0) is 32.4.